The lowest BCUT2D eigenvalue weighted by Gasteiger charge is -2.18. The Morgan fingerprint density at radius 2 is 2.03 bits per heavy atom. The molecular formula is C19H24N4O5S. The van der Waals surface area contributed by atoms with Crippen molar-refractivity contribution in [3.05, 3.63) is 56.4 Å². The Balaban J connectivity index is 1.82. The lowest BCUT2D eigenvalue weighted by molar-refractivity contribution is -0.385. The molecular weight excluding hydrogens is 396 g/mol. The third-order valence-corrected chi connectivity index (χ3v) is 7.17. The molecule has 1 saturated heterocycles. The second-order valence-corrected chi connectivity index (χ2v) is 9.80. The van der Waals surface area contributed by atoms with Crippen LogP contribution in [0.3, 0.4) is 0 Å². The Labute approximate surface area is 169 Å². The van der Waals surface area contributed by atoms with E-state index in [1.54, 1.807) is 30.8 Å². The lowest BCUT2D eigenvalue weighted by Crippen LogP contribution is -2.27. The first-order valence-electron chi connectivity index (χ1n) is 9.25. The molecule has 2 aromatic rings. The van der Waals surface area contributed by atoms with Gasteiger partial charge in [-0.25, -0.2) is 8.42 Å². The maximum absolute atomic E-state index is 12.8. The summed E-state index contributed by atoms with van der Waals surface area (Å²) < 4.78 is 25.4. The van der Waals surface area contributed by atoms with Crippen LogP contribution in [0.15, 0.2) is 18.2 Å². The molecule has 0 saturated carbocycles. The minimum Gasteiger partial charge on any atom is -0.337 e. The molecule has 2 heterocycles. The molecule has 1 atom stereocenters. The predicted molar refractivity (Wildman–Crippen MR) is 108 cm³/mol. The van der Waals surface area contributed by atoms with Gasteiger partial charge in [0.05, 0.1) is 28.2 Å². The van der Waals surface area contributed by atoms with Crippen molar-refractivity contribution >= 4 is 21.4 Å². The third kappa shape index (κ3) is 4.16. The quantitative estimate of drug-likeness (QED) is 0.542. The fourth-order valence-corrected chi connectivity index (χ4v) is 5.41. The van der Waals surface area contributed by atoms with E-state index in [0.29, 0.717) is 12.0 Å². The number of aromatic nitrogens is 2. The van der Waals surface area contributed by atoms with Gasteiger partial charge in [0.2, 0.25) is 0 Å². The van der Waals surface area contributed by atoms with Crippen molar-refractivity contribution in [1.29, 1.82) is 0 Å². The molecule has 1 aromatic carbocycles. The maximum atomic E-state index is 12.8. The molecule has 0 unspecified atom stereocenters. The van der Waals surface area contributed by atoms with Crippen molar-refractivity contribution in [1.82, 2.24) is 14.7 Å². The summed E-state index contributed by atoms with van der Waals surface area (Å²) in [5.41, 5.74) is 3.07. The molecule has 29 heavy (non-hydrogen) atoms. The zero-order valence-corrected chi connectivity index (χ0v) is 17.7. The number of carbonyl (C=O) groups is 1. The van der Waals surface area contributed by atoms with Gasteiger partial charge in [0.1, 0.15) is 0 Å². The van der Waals surface area contributed by atoms with Gasteiger partial charge in [-0.3, -0.25) is 19.6 Å². The van der Waals surface area contributed by atoms with E-state index < -0.39 is 14.8 Å². The Bertz CT molecular complexity index is 1090. The topological polar surface area (TPSA) is 115 Å². The van der Waals surface area contributed by atoms with E-state index in [-0.39, 0.29) is 41.3 Å². The van der Waals surface area contributed by atoms with Crippen LogP contribution in [0.1, 0.15) is 45.3 Å². The molecule has 1 aliphatic rings. The highest BCUT2D eigenvalue weighted by atomic mass is 32.2. The largest absolute Gasteiger partial charge is 0.337 e. The van der Waals surface area contributed by atoms with E-state index >= 15 is 0 Å². The summed E-state index contributed by atoms with van der Waals surface area (Å²) in [6.45, 7) is 5.60. The second-order valence-electron chi connectivity index (χ2n) is 7.57. The van der Waals surface area contributed by atoms with Gasteiger partial charge in [0, 0.05) is 42.0 Å². The average molecular weight is 420 g/mol. The van der Waals surface area contributed by atoms with E-state index in [1.165, 1.54) is 11.0 Å². The first-order chi connectivity index (χ1) is 13.5. The number of nitro groups is 1. The van der Waals surface area contributed by atoms with Crippen LogP contribution in [0.4, 0.5) is 5.69 Å². The van der Waals surface area contributed by atoms with Crippen LogP contribution in [0.2, 0.25) is 0 Å². The highest BCUT2D eigenvalue weighted by Crippen LogP contribution is 2.27. The van der Waals surface area contributed by atoms with Crippen LogP contribution in [0.25, 0.3) is 0 Å². The molecule has 0 bridgehead atoms. The van der Waals surface area contributed by atoms with E-state index in [2.05, 4.69) is 5.10 Å². The highest BCUT2D eigenvalue weighted by Gasteiger charge is 2.31. The predicted octanol–water partition coefficient (Wildman–Crippen LogP) is 2.35. The van der Waals surface area contributed by atoms with Gasteiger partial charge < -0.3 is 4.90 Å². The third-order valence-electron chi connectivity index (χ3n) is 5.42. The molecule has 9 nitrogen and oxygen atoms in total. The molecule has 1 aliphatic heterocycles. The van der Waals surface area contributed by atoms with Gasteiger partial charge in [-0.15, -0.1) is 0 Å². The van der Waals surface area contributed by atoms with Crippen LogP contribution in [0, 0.1) is 30.9 Å². The van der Waals surface area contributed by atoms with Crippen molar-refractivity contribution < 1.29 is 18.1 Å². The molecule has 0 radical (unpaired) electrons. The van der Waals surface area contributed by atoms with Crippen molar-refractivity contribution in [2.75, 3.05) is 18.6 Å². The van der Waals surface area contributed by atoms with Crippen LogP contribution >= 0.6 is 0 Å². The van der Waals surface area contributed by atoms with E-state index in [4.69, 9.17) is 0 Å². The van der Waals surface area contributed by atoms with Gasteiger partial charge in [-0.1, -0.05) is 6.07 Å². The zero-order chi connectivity index (χ0) is 21.5. The summed E-state index contributed by atoms with van der Waals surface area (Å²) in [6.07, 6.45) is 0.533. The number of carbonyl (C=O) groups excluding carboxylic acids is 1. The molecule has 10 heteroatoms. The Morgan fingerprint density at radius 1 is 1.34 bits per heavy atom. The summed E-state index contributed by atoms with van der Waals surface area (Å²) in [7, 11) is -1.40. The minimum atomic E-state index is -3.03. The molecule has 3 rings (SSSR count). The van der Waals surface area contributed by atoms with Crippen LogP contribution in [-0.4, -0.2) is 52.5 Å². The monoisotopic (exact) mass is 420 g/mol. The molecule has 0 spiro atoms. The van der Waals surface area contributed by atoms with Gasteiger partial charge in [-0.2, -0.15) is 5.10 Å². The smallest absolute Gasteiger partial charge is 0.273 e. The standard InChI is InChI=1S/C19H24N4O5S/c1-12-5-6-15(9-18(12)23(25)26)19(24)21(4)10-17-13(2)20-22(14(17)3)16-7-8-29(27,28)11-16/h5-6,9,16H,7-8,10-11H2,1-4H3/t16-/m1/s1. The number of hydrogen-bond donors (Lipinski definition) is 0. The van der Waals surface area contributed by atoms with Crippen molar-refractivity contribution in [2.24, 2.45) is 0 Å². The summed E-state index contributed by atoms with van der Waals surface area (Å²) in [6, 6.07) is 4.25. The lowest BCUT2D eigenvalue weighted by atomic mass is 10.1. The summed E-state index contributed by atoms with van der Waals surface area (Å²) >= 11 is 0. The number of hydrogen-bond acceptors (Lipinski definition) is 6. The number of rotatable bonds is 5. The minimum absolute atomic E-state index is 0.0796. The van der Waals surface area contributed by atoms with E-state index in [1.807, 2.05) is 13.8 Å². The van der Waals surface area contributed by atoms with Gasteiger partial charge in [0.25, 0.3) is 11.6 Å². The van der Waals surface area contributed by atoms with Gasteiger partial charge >= 0.3 is 0 Å². The first kappa shape index (κ1) is 21.0. The SMILES string of the molecule is Cc1ccc(C(=O)N(C)Cc2c(C)nn([C@@H]3CCS(=O)(=O)C3)c2C)cc1[N+](=O)[O-]. The normalized spacial score (nSPS) is 18.0. The number of nitrogens with zero attached hydrogens (tertiary/aromatic N) is 4. The van der Waals surface area contributed by atoms with Gasteiger partial charge in [0.15, 0.2) is 9.84 Å². The molecule has 1 aromatic heterocycles. The van der Waals surface area contributed by atoms with Crippen molar-refractivity contribution in [2.45, 2.75) is 39.8 Å². The Hall–Kier alpha value is -2.75. The summed E-state index contributed by atoms with van der Waals surface area (Å²) in [5, 5.41) is 15.7. The second kappa shape index (κ2) is 7.58. The van der Waals surface area contributed by atoms with E-state index in [9.17, 15) is 23.3 Å². The highest BCUT2D eigenvalue weighted by molar-refractivity contribution is 7.91. The first-order valence-corrected chi connectivity index (χ1v) is 11.1. The number of aryl methyl sites for hydroxylation is 2. The molecule has 1 fully saturated rings. The molecule has 1 amide bonds. The van der Waals surface area contributed by atoms with E-state index in [0.717, 1.165) is 17.0 Å². The Kier molecular flexibility index (Phi) is 5.48. The molecule has 156 valence electrons. The number of benzene rings is 1. The number of amides is 1. The van der Waals surface area contributed by atoms with Crippen LogP contribution < -0.4 is 0 Å². The van der Waals surface area contributed by atoms with Crippen molar-refractivity contribution in [3.63, 3.8) is 0 Å². The van der Waals surface area contributed by atoms with Crippen LogP contribution in [-0.2, 0) is 16.4 Å². The van der Waals surface area contributed by atoms with Crippen molar-refractivity contribution in [3.8, 4) is 0 Å². The summed E-state index contributed by atoms with van der Waals surface area (Å²) in [5.74, 6) is -0.0883. The Morgan fingerprint density at radius 3 is 2.62 bits per heavy atom. The number of nitro benzene ring substituents is 1. The maximum Gasteiger partial charge on any atom is 0.273 e. The van der Waals surface area contributed by atoms with Crippen LogP contribution in [0.5, 0.6) is 0 Å². The molecule has 0 N–H and O–H groups in total. The van der Waals surface area contributed by atoms with Gasteiger partial charge in [-0.05, 0) is 33.3 Å². The number of sulfone groups is 1. The fraction of sp³-hybridized carbons (Fsp3) is 0.474. The molecule has 0 aliphatic carbocycles. The zero-order valence-electron chi connectivity index (χ0n) is 16.9. The average Bonchev–Trinajstić information content (AvgIpc) is 3.14. The summed E-state index contributed by atoms with van der Waals surface area (Å²) in [4.78, 5) is 24.9. The fourth-order valence-electron chi connectivity index (χ4n) is 3.72.